The highest BCUT2D eigenvalue weighted by molar-refractivity contribution is 6.28. The van der Waals surface area contributed by atoms with Crippen molar-refractivity contribution >= 4 is 22.9 Å². The van der Waals surface area contributed by atoms with E-state index < -0.39 is 6.17 Å². The summed E-state index contributed by atoms with van der Waals surface area (Å²) in [7, 11) is 0. The number of anilines is 1. The molecule has 7 heteroatoms. The summed E-state index contributed by atoms with van der Waals surface area (Å²) >= 11 is 6.11. The number of nitrogens with zero attached hydrogens (tertiary/aromatic N) is 3. The molecule has 0 aliphatic heterocycles. The summed E-state index contributed by atoms with van der Waals surface area (Å²) in [4.78, 5) is 4.29. The Kier molecular flexibility index (Phi) is 5.79. The van der Waals surface area contributed by atoms with Gasteiger partial charge in [0, 0.05) is 6.42 Å². The van der Waals surface area contributed by atoms with E-state index in [2.05, 4.69) is 27.2 Å². The van der Waals surface area contributed by atoms with Crippen molar-refractivity contribution in [3.05, 3.63) is 46.8 Å². The molecule has 0 fully saturated rings. The largest absolute Gasteiger partial charge is 0.467 e. The number of alkyl halides is 1. The first-order valence-corrected chi connectivity index (χ1v) is 8.93. The topological polar surface area (TPSA) is 55.4 Å². The lowest BCUT2D eigenvalue weighted by Crippen LogP contribution is -2.06. The summed E-state index contributed by atoms with van der Waals surface area (Å²) in [6.07, 6.45) is 2.45. The van der Waals surface area contributed by atoms with E-state index in [9.17, 15) is 4.39 Å². The summed E-state index contributed by atoms with van der Waals surface area (Å²) in [5, 5.41) is 7.62. The number of rotatable bonds is 6. The average Bonchev–Trinajstić information content (AvgIpc) is 3.23. The molecule has 0 saturated carbocycles. The second kappa shape index (κ2) is 8.24. The van der Waals surface area contributed by atoms with Crippen LogP contribution in [0.5, 0.6) is 0 Å². The number of aryl methyl sites for hydroxylation is 1. The zero-order valence-corrected chi connectivity index (χ0v) is 15.5. The van der Waals surface area contributed by atoms with E-state index in [1.54, 1.807) is 17.7 Å². The Morgan fingerprint density at radius 1 is 1.46 bits per heavy atom. The van der Waals surface area contributed by atoms with Crippen molar-refractivity contribution in [2.45, 2.75) is 45.8 Å². The highest BCUT2D eigenvalue weighted by atomic mass is 35.5. The molecule has 3 heterocycles. The number of hydrogen-bond acceptors (Lipinski definition) is 4. The standard InChI is InChI=1S/C19H20ClFN4O/c1-3-4-7-16-14(9-8-13(2)21)11-17-18(23-19(20)24-25(16)17)22-12-15-6-5-10-26-15/h5-6,10-11,13H,3,8-9,12H2,1-2H3,(H,22,23,24). The molecule has 1 unspecified atom stereocenters. The van der Waals surface area contributed by atoms with Gasteiger partial charge in [-0.2, -0.15) is 4.98 Å². The van der Waals surface area contributed by atoms with Crippen LogP contribution in [0.3, 0.4) is 0 Å². The van der Waals surface area contributed by atoms with Gasteiger partial charge < -0.3 is 9.73 Å². The Morgan fingerprint density at radius 3 is 3.00 bits per heavy atom. The molecule has 3 rings (SSSR count). The SMILES string of the molecule is CCC#Cc1c(CCC(C)F)cc2c(NCc3ccco3)nc(Cl)nn12. The van der Waals surface area contributed by atoms with E-state index in [4.69, 9.17) is 16.0 Å². The highest BCUT2D eigenvalue weighted by Crippen LogP contribution is 2.24. The number of fused-ring (bicyclic) bond motifs is 1. The van der Waals surface area contributed by atoms with Crippen molar-refractivity contribution in [2.24, 2.45) is 0 Å². The van der Waals surface area contributed by atoms with Crippen molar-refractivity contribution in [1.82, 2.24) is 14.6 Å². The summed E-state index contributed by atoms with van der Waals surface area (Å²) < 4.78 is 20.3. The summed E-state index contributed by atoms with van der Waals surface area (Å²) in [6.45, 7) is 4.00. The van der Waals surface area contributed by atoms with Crippen LogP contribution in [-0.2, 0) is 13.0 Å². The Bertz CT molecular complexity index is 938. The van der Waals surface area contributed by atoms with Crippen LogP contribution >= 0.6 is 11.6 Å². The smallest absolute Gasteiger partial charge is 0.243 e. The summed E-state index contributed by atoms with van der Waals surface area (Å²) in [5.41, 5.74) is 2.42. The molecule has 0 saturated heterocycles. The Morgan fingerprint density at radius 2 is 2.31 bits per heavy atom. The molecule has 5 nitrogen and oxygen atoms in total. The van der Waals surface area contributed by atoms with E-state index >= 15 is 0 Å². The van der Waals surface area contributed by atoms with Crippen LogP contribution in [-0.4, -0.2) is 20.8 Å². The minimum atomic E-state index is -0.879. The van der Waals surface area contributed by atoms with E-state index in [1.165, 1.54) is 0 Å². The number of aromatic nitrogens is 3. The minimum Gasteiger partial charge on any atom is -0.467 e. The van der Waals surface area contributed by atoms with Gasteiger partial charge >= 0.3 is 0 Å². The van der Waals surface area contributed by atoms with Crippen molar-refractivity contribution in [2.75, 3.05) is 5.32 Å². The van der Waals surface area contributed by atoms with Crippen LogP contribution in [0.15, 0.2) is 28.9 Å². The molecule has 0 radical (unpaired) electrons. The lowest BCUT2D eigenvalue weighted by Gasteiger charge is -2.06. The molecule has 0 spiro atoms. The minimum absolute atomic E-state index is 0.111. The molecule has 0 aliphatic rings. The molecule has 1 atom stereocenters. The Hall–Kier alpha value is -2.52. The normalized spacial score (nSPS) is 12.0. The first-order valence-electron chi connectivity index (χ1n) is 8.55. The second-order valence-corrected chi connectivity index (χ2v) is 6.29. The quantitative estimate of drug-likeness (QED) is 0.638. The third-order valence-electron chi connectivity index (χ3n) is 3.89. The second-order valence-electron chi connectivity index (χ2n) is 5.95. The summed E-state index contributed by atoms with van der Waals surface area (Å²) in [6, 6.07) is 5.64. The maximum atomic E-state index is 13.3. The van der Waals surface area contributed by atoms with Gasteiger partial charge in [-0.1, -0.05) is 12.8 Å². The molecule has 1 N–H and O–H groups in total. The first kappa shape index (κ1) is 18.3. The van der Waals surface area contributed by atoms with Gasteiger partial charge in [-0.15, -0.1) is 5.10 Å². The van der Waals surface area contributed by atoms with E-state index in [0.29, 0.717) is 31.6 Å². The summed E-state index contributed by atoms with van der Waals surface area (Å²) in [5.74, 6) is 7.55. The monoisotopic (exact) mass is 374 g/mol. The van der Waals surface area contributed by atoms with Gasteiger partial charge in [-0.3, -0.25) is 0 Å². The fourth-order valence-electron chi connectivity index (χ4n) is 2.64. The molecular weight excluding hydrogens is 355 g/mol. The van der Waals surface area contributed by atoms with Gasteiger partial charge in [0.05, 0.1) is 19.0 Å². The molecule has 3 aromatic rings. The Labute approximate surface area is 156 Å². The highest BCUT2D eigenvalue weighted by Gasteiger charge is 2.16. The molecule has 3 aromatic heterocycles. The maximum absolute atomic E-state index is 13.3. The zero-order valence-electron chi connectivity index (χ0n) is 14.7. The number of nitrogens with one attached hydrogen (secondary N) is 1. The predicted octanol–water partition coefficient (Wildman–Crippen LogP) is 4.64. The lowest BCUT2D eigenvalue weighted by atomic mass is 10.1. The van der Waals surface area contributed by atoms with Crippen LogP contribution in [0, 0.1) is 11.8 Å². The van der Waals surface area contributed by atoms with Crippen LogP contribution in [0.4, 0.5) is 10.2 Å². The van der Waals surface area contributed by atoms with Crippen LogP contribution in [0.1, 0.15) is 43.7 Å². The van der Waals surface area contributed by atoms with Crippen molar-refractivity contribution in [3.8, 4) is 11.8 Å². The van der Waals surface area contributed by atoms with Crippen molar-refractivity contribution < 1.29 is 8.81 Å². The molecule has 0 aliphatic carbocycles. The van der Waals surface area contributed by atoms with Gasteiger partial charge in [0.2, 0.25) is 5.28 Å². The molecule has 0 amide bonds. The molecule has 26 heavy (non-hydrogen) atoms. The van der Waals surface area contributed by atoms with E-state index in [-0.39, 0.29) is 5.28 Å². The van der Waals surface area contributed by atoms with Gasteiger partial charge in [0.25, 0.3) is 0 Å². The van der Waals surface area contributed by atoms with Crippen LogP contribution in [0.2, 0.25) is 5.28 Å². The number of hydrogen-bond donors (Lipinski definition) is 1. The van der Waals surface area contributed by atoms with Crippen molar-refractivity contribution in [1.29, 1.82) is 0 Å². The fourth-order valence-corrected chi connectivity index (χ4v) is 2.80. The van der Waals surface area contributed by atoms with E-state index in [0.717, 1.165) is 22.5 Å². The molecule has 0 aromatic carbocycles. The third kappa shape index (κ3) is 4.17. The van der Waals surface area contributed by atoms with Gasteiger partial charge in [-0.25, -0.2) is 8.91 Å². The molecular formula is C19H20ClFN4O. The Balaban J connectivity index is 2.02. The lowest BCUT2D eigenvalue weighted by molar-refractivity contribution is 0.341. The number of halogens is 2. The zero-order chi connectivity index (χ0) is 18.5. The maximum Gasteiger partial charge on any atom is 0.243 e. The third-order valence-corrected chi connectivity index (χ3v) is 4.05. The van der Waals surface area contributed by atoms with Gasteiger partial charge in [-0.05, 0) is 61.0 Å². The molecule has 136 valence electrons. The van der Waals surface area contributed by atoms with Crippen LogP contribution < -0.4 is 5.32 Å². The van der Waals surface area contributed by atoms with Crippen molar-refractivity contribution in [3.63, 3.8) is 0 Å². The number of furan rings is 1. The average molecular weight is 375 g/mol. The first-order chi connectivity index (χ1) is 12.6. The van der Waals surface area contributed by atoms with E-state index in [1.807, 2.05) is 25.1 Å². The van der Waals surface area contributed by atoms with Gasteiger partial charge in [0.1, 0.15) is 17.0 Å². The predicted molar refractivity (Wildman–Crippen MR) is 100 cm³/mol. The van der Waals surface area contributed by atoms with Gasteiger partial charge in [0.15, 0.2) is 5.82 Å². The van der Waals surface area contributed by atoms with Crippen LogP contribution in [0.25, 0.3) is 5.52 Å². The molecule has 0 bridgehead atoms. The fraction of sp³-hybridized carbons (Fsp3) is 0.368.